The van der Waals surface area contributed by atoms with E-state index < -0.39 is 0 Å². The van der Waals surface area contributed by atoms with Gasteiger partial charge in [-0.3, -0.25) is 4.40 Å². The average Bonchev–Trinajstić information content (AvgIpc) is 3.05. The van der Waals surface area contributed by atoms with Crippen molar-refractivity contribution in [2.24, 2.45) is 0 Å². The van der Waals surface area contributed by atoms with Crippen molar-refractivity contribution in [1.82, 2.24) is 19.9 Å². The van der Waals surface area contributed by atoms with Gasteiger partial charge in [-0.25, -0.2) is 0 Å². The van der Waals surface area contributed by atoms with Crippen LogP contribution in [0.4, 0.5) is 0 Å². The molecule has 0 aliphatic carbocycles. The Hall–Kier alpha value is -2.14. The van der Waals surface area contributed by atoms with E-state index in [1.54, 1.807) is 6.26 Å². The lowest BCUT2D eigenvalue weighted by molar-refractivity contribution is 0.452. The van der Waals surface area contributed by atoms with Crippen LogP contribution in [0.3, 0.4) is 0 Å². The van der Waals surface area contributed by atoms with Gasteiger partial charge in [0, 0.05) is 18.7 Å². The van der Waals surface area contributed by atoms with Gasteiger partial charge >= 0.3 is 0 Å². The van der Waals surface area contributed by atoms with Gasteiger partial charge in [-0.05, 0) is 31.2 Å². The first-order valence-electron chi connectivity index (χ1n) is 6.37. The number of fused-ring (bicyclic) bond motifs is 1. The Labute approximate surface area is 111 Å². The molecule has 5 heteroatoms. The summed E-state index contributed by atoms with van der Waals surface area (Å²) in [6.07, 6.45) is 4.54. The Balaban J connectivity index is 1.62. The highest BCUT2D eigenvalue weighted by Gasteiger charge is 2.08. The monoisotopic (exact) mass is 256 g/mol. The third-order valence-electron chi connectivity index (χ3n) is 3.08. The van der Waals surface area contributed by atoms with E-state index in [1.165, 1.54) is 0 Å². The van der Waals surface area contributed by atoms with Gasteiger partial charge in [0.05, 0.1) is 12.8 Å². The first-order valence-corrected chi connectivity index (χ1v) is 6.37. The topological polar surface area (TPSA) is 55.4 Å². The average molecular weight is 256 g/mol. The normalized spacial score (nSPS) is 12.9. The maximum absolute atomic E-state index is 5.34. The van der Waals surface area contributed by atoms with Crippen LogP contribution in [0.1, 0.15) is 18.5 Å². The zero-order chi connectivity index (χ0) is 13.1. The van der Waals surface area contributed by atoms with Crippen molar-refractivity contribution in [3.05, 3.63) is 54.4 Å². The molecule has 3 aromatic rings. The molecule has 0 amide bonds. The van der Waals surface area contributed by atoms with Crippen LogP contribution in [0.15, 0.2) is 47.2 Å². The second kappa shape index (κ2) is 5.24. The lowest BCUT2D eigenvalue weighted by atomic mass is 10.2. The predicted octanol–water partition coefficient (Wildman–Crippen LogP) is 2.04. The molecule has 0 spiro atoms. The van der Waals surface area contributed by atoms with E-state index in [-0.39, 0.29) is 0 Å². The van der Waals surface area contributed by atoms with Crippen molar-refractivity contribution >= 4 is 5.65 Å². The fraction of sp³-hybridized carbons (Fsp3) is 0.286. The van der Waals surface area contributed by atoms with E-state index in [1.807, 2.05) is 40.9 Å². The Morgan fingerprint density at radius 2 is 2.21 bits per heavy atom. The van der Waals surface area contributed by atoms with Crippen LogP contribution in [-0.2, 0) is 13.0 Å². The molecule has 1 unspecified atom stereocenters. The molecule has 5 nitrogen and oxygen atoms in total. The smallest absolute Gasteiger partial charge is 0.160 e. The molecule has 0 radical (unpaired) electrons. The number of nitrogens with one attached hydrogen (secondary N) is 1. The fourth-order valence-electron chi connectivity index (χ4n) is 2.08. The third-order valence-corrected chi connectivity index (χ3v) is 3.08. The largest absolute Gasteiger partial charge is 0.469 e. The second-order valence-corrected chi connectivity index (χ2v) is 4.61. The van der Waals surface area contributed by atoms with Gasteiger partial charge in [0.2, 0.25) is 0 Å². The number of aromatic nitrogens is 3. The standard InChI is InChI=1S/C14H16N4O/c1-11(9-12-5-4-8-19-12)15-10-14-17-16-13-6-2-3-7-18(13)14/h2-8,11,15H,9-10H2,1H3. The molecule has 3 heterocycles. The zero-order valence-corrected chi connectivity index (χ0v) is 10.8. The van der Waals surface area contributed by atoms with Crippen molar-refractivity contribution in [3.8, 4) is 0 Å². The molecular formula is C14H16N4O. The Bertz CT molecular complexity index is 644. The van der Waals surface area contributed by atoms with E-state index >= 15 is 0 Å². The summed E-state index contributed by atoms with van der Waals surface area (Å²) < 4.78 is 7.33. The molecule has 3 rings (SSSR count). The summed E-state index contributed by atoms with van der Waals surface area (Å²) in [5, 5.41) is 11.8. The number of nitrogens with zero attached hydrogens (tertiary/aromatic N) is 3. The van der Waals surface area contributed by atoms with Crippen LogP contribution in [-0.4, -0.2) is 20.6 Å². The highest BCUT2D eigenvalue weighted by atomic mass is 16.3. The van der Waals surface area contributed by atoms with Crippen molar-refractivity contribution < 1.29 is 4.42 Å². The molecule has 98 valence electrons. The molecule has 0 saturated heterocycles. The summed E-state index contributed by atoms with van der Waals surface area (Å²) in [5.41, 5.74) is 0.873. The minimum absolute atomic E-state index is 0.321. The van der Waals surface area contributed by atoms with Gasteiger partial charge in [-0.2, -0.15) is 0 Å². The Morgan fingerprint density at radius 3 is 3.05 bits per heavy atom. The van der Waals surface area contributed by atoms with Gasteiger partial charge in [-0.1, -0.05) is 6.07 Å². The number of pyridine rings is 1. The van der Waals surface area contributed by atoms with E-state index in [0.717, 1.165) is 23.7 Å². The van der Waals surface area contributed by atoms with E-state index in [0.29, 0.717) is 12.6 Å². The van der Waals surface area contributed by atoms with Crippen molar-refractivity contribution in [1.29, 1.82) is 0 Å². The zero-order valence-electron chi connectivity index (χ0n) is 10.8. The molecule has 3 aromatic heterocycles. The van der Waals surface area contributed by atoms with E-state index in [9.17, 15) is 0 Å². The first kappa shape index (κ1) is 11.9. The highest BCUT2D eigenvalue weighted by molar-refractivity contribution is 5.36. The highest BCUT2D eigenvalue weighted by Crippen LogP contribution is 2.06. The number of furan rings is 1. The van der Waals surface area contributed by atoms with Crippen LogP contribution in [0, 0.1) is 0 Å². The van der Waals surface area contributed by atoms with Crippen molar-refractivity contribution in [3.63, 3.8) is 0 Å². The minimum atomic E-state index is 0.321. The molecule has 0 saturated carbocycles. The molecule has 1 atom stereocenters. The molecular weight excluding hydrogens is 240 g/mol. The molecule has 0 aromatic carbocycles. The van der Waals surface area contributed by atoms with E-state index in [2.05, 4.69) is 22.4 Å². The summed E-state index contributed by atoms with van der Waals surface area (Å²) in [5.74, 6) is 1.91. The summed E-state index contributed by atoms with van der Waals surface area (Å²) in [7, 11) is 0. The third kappa shape index (κ3) is 2.66. The molecule has 0 bridgehead atoms. The Kier molecular flexibility index (Phi) is 3.29. The number of hydrogen-bond acceptors (Lipinski definition) is 4. The van der Waals surface area contributed by atoms with Gasteiger partial charge in [0.25, 0.3) is 0 Å². The molecule has 1 N–H and O–H groups in total. The van der Waals surface area contributed by atoms with Crippen LogP contribution in [0.25, 0.3) is 5.65 Å². The maximum Gasteiger partial charge on any atom is 0.160 e. The van der Waals surface area contributed by atoms with Crippen LogP contribution >= 0.6 is 0 Å². The Morgan fingerprint density at radius 1 is 1.26 bits per heavy atom. The maximum atomic E-state index is 5.34. The van der Waals surface area contributed by atoms with Gasteiger partial charge in [-0.15, -0.1) is 10.2 Å². The van der Waals surface area contributed by atoms with Crippen LogP contribution in [0.5, 0.6) is 0 Å². The minimum Gasteiger partial charge on any atom is -0.469 e. The van der Waals surface area contributed by atoms with Crippen molar-refractivity contribution in [2.45, 2.75) is 25.9 Å². The molecule has 0 aliphatic heterocycles. The first-order chi connectivity index (χ1) is 9.33. The summed E-state index contributed by atoms with van der Waals surface area (Å²) >= 11 is 0. The van der Waals surface area contributed by atoms with Gasteiger partial charge in [0.1, 0.15) is 5.76 Å². The van der Waals surface area contributed by atoms with Crippen molar-refractivity contribution in [2.75, 3.05) is 0 Å². The summed E-state index contributed by atoms with van der Waals surface area (Å²) in [6.45, 7) is 2.82. The fourth-order valence-corrected chi connectivity index (χ4v) is 2.08. The van der Waals surface area contributed by atoms with Gasteiger partial charge < -0.3 is 9.73 Å². The van der Waals surface area contributed by atoms with E-state index in [4.69, 9.17) is 4.42 Å². The summed E-state index contributed by atoms with van der Waals surface area (Å²) in [4.78, 5) is 0. The molecule has 0 aliphatic rings. The lowest BCUT2D eigenvalue weighted by Gasteiger charge is -2.11. The van der Waals surface area contributed by atoms with Crippen LogP contribution in [0.2, 0.25) is 0 Å². The second-order valence-electron chi connectivity index (χ2n) is 4.61. The van der Waals surface area contributed by atoms with Gasteiger partial charge in [0.15, 0.2) is 11.5 Å². The quantitative estimate of drug-likeness (QED) is 0.759. The van der Waals surface area contributed by atoms with Crippen LogP contribution < -0.4 is 5.32 Å². The number of hydrogen-bond donors (Lipinski definition) is 1. The SMILES string of the molecule is CC(Cc1ccco1)NCc1nnc2ccccn12. The number of rotatable bonds is 5. The lowest BCUT2D eigenvalue weighted by Crippen LogP contribution is -2.28. The molecule has 19 heavy (non-hydrogen) atoms. The molecule has 0 fully saturated rings. The predicted molar refractivity (Wildman–Crippen MR) is 71.7 cm³/mol. The summed E-state index contributed by atoms with van der Waals surface area (Å²) in [6, 6.07) is 10.1.